The second kappa shape index (κ2) is 8.45. The van der Waals surface area contributed by atoms with Gasteiger partial charge in [0.15, 0.2) is 5.13 Å². The van der Waals surface area contributed by atoms with Crippen molar-refractivity contribution >= 4 is 22.4 Å². The number of aryl methyl sites for hydroxylation is 2. The Morgan fingerprint density at radius 3 is 3.04 bits per heavy atom. The number of nitrogens with two attached hydrogens (primary N) is 1. The highest BCUT2D eigenvalue weighted by Crippen LogP contribution is 2.28. The van der Waals surface area contributed by atoms with Gasteiger partial charge in [0.1, 0.15) is 0 Å². The summed E-state index contributed by atoms with van der Waals surface area (Å²) in [5.74, 6) is 0.702. The lowest BCUT2D eigenvalue weighted by Gasteiger charge is -2.17. The SMILES string of the molecule is Cc1ccccc1C1CCN(CCNC(=O)CCc2csc(N)n2)C1. The molecule has 0 saturated carbocycles. The van der Waals surface area contributed by atoms with Gasteiger partial charge in [-0.2, -0.15) is 0 Å². The van der Waals surface area contributed by atoms with E-state index in [2.05, 4.69) is 46.4 Å². The highest BCUT2D eigenvalue weighted by Gasteiger charge is 2.24. The molecular weight excluding hydrogens is 332 g/mol. The zero-order valence-electron chi connectivity index (χ0n) is 14.7. The summed E-state index contributed by atoms with van der Waals surface area (Å²) in [7, 11) is 0. The van der Waals surface area contributed by atoms with Crippen LogP contribution in [-0.2, 0) is 11.2 Å². The lowest BCUT2D eigenvalue weighted by Crippen LogP contribution is -2.33. The Hall–Kier alpha value is -1.92. The molecule has 1 aliphatic heterocycles. The molecule has 0 spiro atoms. The van der Waals surface area contributed by atoms with E-state index in [1.165, 1.54) is 28.9 Å². The Bertz CT molecular complexity index is 715. The van der Waals surface area contributed by atoms with Crippen LogP contribution in [0.2, 0.25) is 0 Å². The summed E-state index contributed by atoms with van der Waals surface area (Å²) in [5.41, 5.74) is 9.35. The fourth-order valence-corrected chi connectivity index (χ4v) is 4.05. The number of carbonyl (C=O) groups excluding carboxylic acids is 1. The first-order valence-corrected chi connectivity index (χ1v) is 9.74. The maximum Gasteiger partial charge on any atom is 0.220 e. The predicted octanol–water partition coefficient (Wildman–Crippen LogP) is 2.57. The lowest BCUT2D eigenvalue weighted by atomic mass is 9.94. The number of aromatic nitrogens is 1. The predicted molar refractivity (Wildman–Crippen MR) is 103 cm³/mol. The molecule has 0 bridgehead atoms. The van der Waals surface area contributed by atoms with E-state index in [0.717, 1.165) is 25.3 Å². The Morgan fingerprint density at radius 2 is 2.28 bits per heavy atom. The number of nitrogen functional groups attached to an aromatic ring is 1. The van der Waals surface area contributed by atoms with Crippen molar-refractivity contribution in [3.05, 3.63) is 46.5 Å². The summed E-state index contributed by atoms with van der Waals surface area (Å²) in [5, 5.41) is 5.49. The van der Waals surface area contributed by atoms with Crippen LogP contribution in [0.4, 0.5) is 5.13 Å². The van der Waals surface area contributed by atoms with Gasteiger partial charge in [0.25, 0.3) is 0 Å². The number of carbonyl (C=O) groups is 1. The number of anilines is 1. The van der Waals surface area contributed by atoms with Crippen molar-refractivity contribution in [3.8, 4) is 0 Å². The number of hydrogen-bond donors (Lipinski definition) is 2. The fourth-order valence-electron chi connectivity index (χ4n) is 3.46. The number of thiazole rings is 1. The highest BCUT2D eigenvalue weighted by molar-refractivity contribution is 7.13. The molecular formula is C19H26N4OS. The number of nitrogens with one attached hydrogen (secondary N) is 1. The van der Waals surface area contributed by atoms with E-state index in [9.17, 15) is 4.79 Å². The quantitative estimate of drug-likeness (QED) is 0.798. The third-order valence-corrected chi connectivity index (χ3v) is 5.55. The first kappa shape index (κ1) is 17.9. The average molecular weight is 359 g/mol. The normalized spacial score (nSPS) is 17.7. The minimum Gasteiger partial charge on any atom is -0.375 e. The van der Waals surface area contributed by atoms with E-state index in [0.29, 0.717) is 30.4 Å². The maximum absolute atomic E-state index is 11.9. The molecule has 2 aromatic rings. The number of amides is 1. The van der Waals surface area contributed by atoms with Gasteiger partial charge in [0.2, 0.25) is 5.91 Å². The lowest BCUT2D eigenvalue weighted by molar-refractivity contribution is -0.121. The summed E-state index contributed by atoms with van der Waals surface area (Å²) in [4.78, 5) is 18.6. The second-order valence-corrected chi connectivity index (χ2v) is 7.56. The van der Waals surface area contributed by atoms with Crippen LogP contribution in [0, 0.1) is 6.92 Å². The van der Waals surface area contributed by atoms with Gasteiger partial charge < -0.3 is 16.0 Å². The number of rotatable bonds is 7. The molecule has 134 valence electrons. The van der Waals surface area contributed by atoms with E-state index in [-0.39, 0.29) is 5.91 Å². The van der Waals surface area contributed by atoms with Crippen molar-refractivity contribution < 1.29 is 4.79 Å². The van der Waals surface area contributed by atoms with Crippen molar-refractivity contribution in [1.82, 2.24) is 15.2 Å². The van der Waals surface area contributed by atoms with Crippen LogP contribution in [0.3, 0.4) is 0 Å². The third kappa shape index (κ3) is 5.03. The summed E-state index contributed by atoms with van der Waals surface area (Å²) in [6, 6.07) is 8.66. The van der Waals surface area contributed by atoms with Crippen LogP contribution in [0.25, 0.3) is 0 Å². The molecule has 1 fully saturated rings. The zero-order chi connectivity index (χ0) is 17.6. The molecule has 1 saturated heterocycles. The minimum absolute atomic E-state index is 0.0845. The summed E-state index contributed by atoms with van der Waals surface area (Å²) >= 11 is 1.42. The maximum atomic E-state index is 11.9. The first-order chi connectivity index (χ1) is 12.1. The van der Waals surface area contributed by atoms with E-state index >= 15 is 0 Å². The molecule has 1 unspecified atom stereocenters. The number of likely N-dealkylation sites (tertiary alicyclic amines) is 1. The van der Waals surface area contributed by atoms with Crippen molar-refractivity contribution in [2.24, 2.45) is 0 Å². The average Bonchev–Trinajstić information content (AvgIpc) is 3.22. The minimum atomic E-state index is 0.0845. The fraction of sp³-hybridized carbons (Fsp3) is 0.474. The molecule has 1 amide bonds. The van der Waals surface area contributed by atoms with Crippen LogP contribution >= 0.6 is 11.3 Å². The van der Waals surface area contributed by atoms with Crippen LogP contribution < -0.4 is 11.1 Å². The van der Waals surface area contributed by atoms with Crippen LogP contribution in [0.5, 0.6) is 0 Å². The summed E-state index contributed by atoms with van der Waals surface area (Å²) in [6.45, 7) is 6.00. The summed E-state index contributed by atoms with van der Waals surface area (Å²) < 4.78 is 0. The van der Waals surface area contributed by atoms with E-state index in [1.54, 1.807) is 0 Å². The molecule has 0 aliphatic carbocycles. The number of nitrogens with zero attached hydrogens (tertiary/aromatic N) is 2. The zero-order valence-corrected chi connectivity index (χ0v) is 15.5. The van der Waals surface area contributed by atoms with E-state index in [4.69, 9.17) is 5.73 Å². The number of hydrogen-bond acceptors (Lipinski definition) is 5. The number of benzene rings is 1. The molecule has 3 rings (SSSR count). The Balaban J connectivity index is 1.35. The molecule has 25 heavy (non-hydrogen) atoms. The monoisotopic (exact) mass is 358 g/mol. The van der Waals surface area contributed by atoms with Crippen molar-refractivity contribution in [2.75, 3.05) is 31.9 Å². The standard InChI is InChI=1S/C19H26N4OS/c1-14-4-2-3-5-17(14)15-8-10-23(12-15)11-9-21-18(24)7-6-16-13-25-19(20)22-16/h2-5,13,15H,6-12H2,1H3,(H2,20,22)(H,21,24). The van der Waals surface area contributed by atoms with Gasteiger partial charge in [-0.3, -0.25) is 4.79 Å². The van der Waals surface area contributed by atoms with Gasteiger partial charge in [-0.25, -0.2) is 4.98 Å². The van der Waals surface area contributed by atoms with Crippen molar-refractivity contribution in [2.45, 2.75) is 32.1 Å². The molecule has 5 nitrogen and oxygen atoms in total. The second-order valence-electron chi connectivity index (χ2n) is 6.67. The van der Waals surface area contributed by atoms with Crippen molar-refractivity contribution in [1.29, 1.82) is 0 Å². The van der Waals surface area contributed by atoms with Crippen LogP contribution in [-0.4, -0.2) is 42.0 Å². The van der Waals surface area contributed by atoms with Crippen LogP contribution in [0.15, 0.2) is 29.6 Å². The molecule has 1 aromatic heterocycles. The summed E-state index contributed by atoms with van der Waals surface area (Å²) in [6.07, 6.45) is 2.32. The molecule has 1 aliphatic rings. The third-order valence-electron chi connectivity index (χ3n) is 4.83. The van der Waals surface area contributed by atoms with Gasteiger partial charge in [-0.15, -0.1) is 11.3 Å². The topological polar surface area (TPSA) is 71.2 Å². The van der Waals surface area contributed by atoms with Crippen molar-refractivity contribution in [3.63, 3.8) is 0 Å². The van der Waals surface area contributed by atoms with Gasteiger partial charge in [-0.05, 0) is 43.4 Å². The van der Waals surface area contributed by atoms with Gasteiger partial charge >= 0.3 is 0 Å². The van der Waals surface area contributed by atoms with E-state index in [1.807, 2.05) is 5.38 Å². The smallest absolute Gasteiger partial charge is 0.220 e. The molecule has 1 aromatic carbocycles. The largest absolute Gasteiger partial charge is 0.375 e. The van der Waals surface area contributed by atoms with Gasteiger partial charge in [0.05, 0.1) is 5.69 Å². The Kier molecular flexibility index (Phi) is 6.04. The molecule has 2 heterocycles. The van der Waals surface area contributed by atoms with Crippen LogP contribution in [0.1, 0.15) is 35.6 Å². The van der Waals surface area contributed by atoms with Gasteiger partial charge in [-0.1, -0.05) is 24.3 Å². The first-order valence-electron chi connectivity index (χ1n) is 8.86. The molecule has 0 radical (unpaired) electrons. The van der Waals surface area contributed by atoms with E-state index < -0.39 is 0 Å². The Labute approximate surface area is 153 Å². The highest BCUT2D eigenvalue weighted by atomic mass is 32.1. The Morgan fingerprint density at radius 1 is 1.44 bits per heavy atom. The molecule has 6 heteroatoms. The molecule has 3 N–H and O–H groups in total. The van der Waals surface area contributed by atoms with Gasteiger partial charge in [0, 0.05) is 31.4 Å². The molecule has 1 atom stereocenters.